The molecule has 14 heavy (non-hydrogen) atoms. The monoisotopic (exact) mass is 212 g/mol. The fourth-order valence-electron chi connectivity index (χ4n) is 1.04. The van der Waals surface area contributed by atoms with Gasteiger partial charge in [-0.3, -0.25) is 4.79 Å². The van der Waals surface area contributed by atoms with Crippen LogP contribution in [0.25, 0.3) is 0 Å². The molecule has 0 amide bonds. The van der Waals surface area contributed by atoms with E-state index in [1.165, 1.54) is 0 Å². The van der Waals surface area contributed by atoms with Crippen LogP contribution in [0.1, 0.15) is 27.7 Å². The Balaban J connectivity index is 4.67. The van der Waals surface area contributed by atoms with Gasteiger partial charge in [0.15, 0.2) is 0 Å². The number of allylic oxidation sites excluding steroid dienone is 5. The van der Waals surface area contributed by atoms with Crippen LogP contribution in [0.5, 0.6) is 0 Å². The average molecular weight is 213 g/mol. The topological polar surface area (TPSA) is 17.1 Å². The highest BCUT2D eigenvalue weighted by molar-refractivity contribution is 6.68. The van der Waals surface area contributed by atoms with E-state index in [9.17, 15) is 4.79 Å². The van der Waals surface area contributed by atoms with Crippen molar-refractivity contribution in [3.8, 4) is 0 Å². The van der Waals surface area contributed by atoms with E-state index in [-0.39, 0.29) is 5.41 Å². The van der Waals surface area contributed by atoms with Crippen LogP contribution in [0.15, 0.2) is 36.0 Å². The van der Waals surface area contributed by atoms with E-state index in [4.69, 9.17) is 11.6 Å². The molecule has 0 atom stereocenters. The first-order chi connectivity index (χ1) is 6.29. The maximum Gasteiger partial charge on any atom is 0.251 e. The quantitative estimate of drug-likeness (QED) is 0.395. The molecule has 0 rings (SSSR count). The molecule has 0 aromatic carbocycles. The van der Waals surface area contributed by atoms with Crippen molar-refractivity contribution < 1.29 is 4.79 Å². The number of carbonyl (C=O) groups is 1. The molecule has 0 N–H and O–H groups in total. The molecule has 0 saturated heterocycles. The largest absolute Gasteiger partial charge is 0.276 e. The maximum atomic E-state index is 10.7. The van der Waals surface area contributed by atoms with Gasteiger partial charge in [-0.1, -0.05) is 45.6 Å². The molecule has 0 fully saturated rings. The molecular weight excluding hydrogens is 196 g/mol. The van der Waals surface area contributed by atoms with E-state index in [0.29, 0.717) is 5.57 Å². The fourth-order valence-corrected chi connectivity index (χ4v) is 1.10. The summed E-state index contributed by atoms with van der Waals surface area (Å²) in [5, 5.41) is -0.509. The molecule has 0 aromatic rings. The van der Waals surface area contributed by atoms with Crippen LogP contribution in [0.3, 0.4) is 0 Å². The third-order valence-corrected chi connectivity index (χ3v) is 2.14. The zero-order valence-electron chi connectivity index (χ0n) is 9.23. The zero-order chi connectivity index (χ0) is 11.4. The van der Waals surface area contributed by atoms with Gasteiger partial charge in [0, 0.05) is 5.57 Å². The average Bonchev–Trinajstić information content (AvgIpc) is 2.02. The van der Waals surface area contributed by atoms with Gasteiger partial charge in [-0.25, -0.2) is 0 Å². The highest BCUT2D eigenvalue weighted by Crippen LogP contribution is 2.26. The minimum atomic E-state index is -0.509. The Morgan fingerprint density at radius 1 is 1.29 bits per heavy atom. The molecule has 0 aliphatic heterocycles. The molecule has 0 radical (unpaired) electrons. The van der Waals surface area contributed by atoms with Crippen molar-refractivity contribution in [2.24, 2.45) is 5.41 Å². The second-order valence-corrected chi connectivity index (χ2v) is 4.47. The molecule has 1 nitrogen and oxygen atoms in total. The summed E-state index contributed by atoms with van der Waals surface area (Å²) in [5.74, 6) is 0. The number of rotatable bonds is 3. The molecule has 78 valence electrons. The van der Waals surface area contributed by atoms with Gasteiger partial charge < -0.3 is 0 Å². The molecule has 0 bridgehead atoms. The lowest BCUT2D eigenvalue weighted by Gasteiger charge is -2.19. The van der Waals surface area contributed by atoms with E-state index in [0.717, 1.165) is 5.57 Å². The Morgan fingerprint density at radius 3 is 2.07 bits per heavy atom. The molecule has 0 unspecified atom stereocenters. The van der Waals surface area contributed by atoms with Crippen LogP contribution in [0.2, 0.25) is 0 Å². The first-order valence-electron chi connectivity index (χ1n) is 4.52. The zero-order valence-corrected chi connectivity index (χ0v) is 9.98. The van der Waals surface area contributed by atoms with Gasteiger partial charge in [0.1, 0.15) is 0 Å². The predicted molar refractivity (Wildman–Crippen MR) is 62.4 cm³/mol. The van der Waals surface area contributed by atoms with Gasteiger partial charge in [0.25, 0.3) is 5.24 Å². The predicted octanol–water partition coefficient (Wildman–Crippen LogP) is 3.86. The summed E-state index contributed by atoms with van der Waals surface area (Å²) in [4.78, 5) is 10.7. The molecule has 0 aliphatic carbocycles. The molecule has 0 aromatic heterocycles. The third kappa shape index (κ3) is 4.43. The Bertz CT molecular complexity index is 290. The van der Waals surface area contributed by atoms with Crippen LogP contribution < -0.4 is 0 Å². The van der Waals surface area contributed by atoms with Crippen molar-refractivity contribution in [3.05, 3.63) is 36.0 Å². The second-order valence-electron chi connectivity index (χ2n) is 4.13. The lowest BCUT2D eigenvalue weighted by Crippen LogP contribution is -2.07. The number of hydrogen-bond acceptors (Lipinski definition) is 1. The fraction of sp³-hybridized carbons (Fsp3) is 0.417. The van der Waals surface area contributed by atoms with Crippen molar-refractivity contribution in [2.75, 3.05) is 0 Å². The summed E-state index contributed by atoms with van der Waals surface area (Å²) in [7, 11) is 0. The van der Waals surface area contributed by atoms with E-state index in [1.54, 1.807) is 6.08 Å². The smallest absolute Gasteiger partial charge is 0.251 e. The minimum Gasteiger partial charge on any atom is -0.276 e. The van der Waals surface area contributed by atoms with E-state index in [1.807, 2.05) is 19.1 Å². The van der Waals surface area contributed by atoms with Gasteiger partial charge in [0.2, 0.25) is 0 Å². The van der Waals surface area contributed by atoms with E-state index < -0.39 is 5.24 Å². The van der Waals surface area contributed by atoms with Gasteiger partial charge in [-0.15, -0.1) is 0 Å². The second kappa shape index (κ2) is 5.16. The number of hydrogen-bond donors (Lipinski definition) is 0. The normalized spacial score (nSPS) is 13.4. The lowest BCUT2D eigenvalue weighted by molar-refractivity contribution is -0.108. The van der Waals surface area contributed by atoms with Crippen LogP contribution >= 0.6 is 11.6 Å². The van der Waals surface area contributed by atoms with Crippen LogP contribution in [-0.2, 0) is 4.79 Å². The van der Waals surface area contributed by atoms with Gasteiger partial charge in [-0.05, 0) is 29.5 Å². The Hall–Kier alpha value is -0.820. The van der Waals surface area contributed by atoms with Gasteiger partial charge in [0.05, 0.1) is 0 Å². The van der Waals surface area contributed by atoms with Crippen molar-refractivity contribution in [1.29, 1.82) is 0 Å². The van der Waals surface area contributed by atoms with Crippen LogP contribution in [0.4, 0.5) is 0 Å². The van der Waals surface area contributed by atoms with Gasteiger partial charge >= 0.3 is 0 Å². The molecule has 0 saturated carbocycles. The summed E-state index contributed by atoms with van der Waals surface area (Å²) in [5.41, 5.74) is 1.53. The molecule has 0 aliphatic rings. The van der Waals surface area contributed by atoms with Crippen LogP contribution in [-0.4, -0.2) is 5.24 Å². The third-order valence-electron chi connectivity index (χ3n) is 1.89. The molecule has 0 heterocycles. The Kier molecular flexibility index (Phi) is 4.86. The number of halogens is 1. The standard InChI is InChI=1S/C12H17ClO/c1-6-10(12(3,4)5)8-7-9(2)11(13)14/h6-8H,2H2,1,3-5H3/b8-7-,10-6+. The highest BCUT2D eigenvalue weighted by atomic mass is 35.5. The summed E-state index contributed by atoms with van der Waals surface area (Å²) < 4.78 is 0. The van der Waals surface area contributed by atoms with E-state index in [2.05, 4.69) is 27.4 Å². The molecule has 0 spiro atoms. The first kappa shape index (κ1) is 13.2. The Morgan fingerprint density at radius 2 is 1.79 bits per heavy atom. The van der Waals surface area contributed by atoms with Crippen LogP contribution in [0, 0.1) is 5.41 Å². The molecule has 2 heteroatoms. The summed E-state index contributed by atoms with van der Waals surface area (Å²) in [6.07, 6.45) is 5.54. The van der Waals surface area contributed by atoms with Crippen molar-refractivity contribution >= 4 is 16.8 Å². The maximum absolute atomic E-state index is 10.7. The van der Waals surface area contributed by atoms with Crippen molar-refractivity contribution in [3.63, 3.8) is 0 Å². The summed E-state index contributed by atoms with van der Waals surface area (Å²) in [6, 6.07) is 0. The lowest BCUT2D eigenvalue weighted by atomic mass is 9.86. The summed E-state index contributed by atoms with van der Waals surface area (Å²) >= 11 is 5.26. The number of carbonyl (C=O) groups excluding carboxylic acids is 1. The Labute approximate surface area is 91.1 Å². The van der Waals surface area contributed by atoms with Crippen molar-refractivity contribution in [2.45, 2.75) is 27.7 Å². The van der Waals surface area contributed by atoms with Crippen molar-refractivity contribution in [1.82, 2.24) is 0 Å². The van der Waals surface area contributed by atoms with Gasteiger partial charge in [-0.2, -0.15) is 0 Å². The molecular formula is C12H17ClO. The SMILES string of the molecule is C=C(/C=C\C(=C/C)C(C)(C)C)C(=O)Cl. The minimum absolute atomic E-state index is 0.0703. The van der Waals surface area contributed by atoms with E-state index >= 15 is 0 Å². The summed E-state index contributed by atoms with van der Waals surface area (Å²) in [6.45, 7) is 11.8. The first-order valence-corrected chi connectivity index (χ1v) is 4.90. The highest BCUT2D eigenvalue weighted by Gasteiger charge is 2.13.